The summed E-state index contributed by atoms with van der Waals surface area (Å²) in [7, 11) is 3.60. The highest BCUT2D eigenvalue weighted by molar-refractivity contribution is 5.77. The smallest absolute Gasteiger partial charge is 0.278 e. The Balaban J connectivity index is 1.51. The van der Waals surface area contributed by atoms with Gasteiger partial charge in [-0.15, -0.1) is 0 Å². The summed E-state index contributed by atoms with van der Waals surface area (Å²) in [5.41, 5.74) is 5.73. The minimum Gasteiger partial charge on any atom is -0.497 e. The normalized spacial score (nSPS) is 17.3. The summed E-state index contributed by atoms with van der Waals surface area (Å²) in [6.07, 6.45) is 5.42. The van der Waals surface area contributed by atoms with Gasteiger partial charge in [-0.3, -0.25) is 4.68 Å². The first kappa shape index (κ1) is 17.4. The highest BCUT2D eigenvalue weighted by atomic mass is 16.5. The third-order valence-electron chi connectivity index (χ3n) is 5.79. The molecule has 2 aliphatic heterocycles. The number of fused-ring (bicyclic) bond motifs is 5. The van der Waals surface area contributed by atoms with Crippen LogP contribution in [-0.2, 0) is 18.2 Å². The number of ether oxygens (including phenoxy) is 2. The Morgan fingerprint density at radius 1 is 1.23 bits per heavy atom. The fourth-order valence-electron chi connectivity index (χ4n) is 4.28. The Hall–Kier alpha value is -3.46. The summed E-state index contributed by atoms with van der Waals surface area (Å²) < 4.78 is 20.4. The van der Waals surface area contributed by atoms with E-state index in [0.717, 1.165) is 47.0 Å². The van der Waals surface area contributed by atoms with Crippen LogP contribution in [0.25, 0.3) is 28.5 Å². The van der Waals surface area contributed by atoms with Crippen LogP contribution in [0.2, 0.25) is 0 Å². The van der Waals surface area contributed by atoms with Crippen LogP contribution in [0.4, 0.5) is 0 Å². The molecule has 1 unspecified atom stereocenters. The van der Waals surface area contributed by atoms with Crippen molar-refractivity contribution in [3.8, 4) is 34.3 Å². The molecule has 6 rings (SSSR count). The van der Waals surface area contributed by atoms with E-state index in [9.17, 15) is 0 Å². The minimum absolute atomic E-state index is 0.182. The quantitative estimate of drug-likeness (QED) is 0.456. The molecule has 0 spiro atoms. The zero-order chi connectivity index (χ0) is 20.2. The van der Waals surface area contributed by atoms with Gasteiger partial charge in [0.15, 0.2) is 11.5 Å². The molecule has 3 aromatic heterocycles. The highest BCUT2D eigenvalue weighted by Gasteiger charge is 2.29. The molecule has 1 aromatic carbocycles. The third kappa shape index (κ3) is 2.58. The van der Waals surface area contributed by atoms with Gasteiger partial charge >= 0.3 is 0 Å². The lowest BCUT2D eigenvalue weighted by atomic mass is 10.0. The van der Waals surface area contributed by atoms with E-state index in [1.54, 1.807) is 7.11 Å². The van der Waals surface area contributed by atoms with Crippen molar-refractivity contribution in [3.05, 3.63) is 47.8 Å². The maximum atomic E-state index is 5.61. The highest BCUT2D eigenvalue weighted by Crippen LogP contribution is 2.39. The second-order valence-corrected chi connectivity index (χ2v) is 7.66. The molecule has 0 bridgehead atoms. The van der Waals surface area contributed by atoms with Gasteiger partial charge in [0.05, 0.1) is 30.8 Å². The van der Waals surface area contributed by atoms with E-state index in [-0.39, 0.29) is 5.92 Å². The first-order valence-corrected chi connectivity index (χ1v) is 9.90. The first-order chi connectivity index (χ1) is 14.7. The van der Waals surface area contributed by atoms with Crippen LogP contribution in [0.1, 0.15) is 29.4 Å². The Bertz CT molecular complexity index is 1250. The number of nitrogens with zero attached hydrogens (tertiary/aromatic N) is 6. The number of hydrogen-bond acceptors (Lipinski definition) is 7. The molecular formula is C21H20N6O3. The van der Waals surface area contributed by atoms with E-state index in [1.807, 2.05) is 42.5 Å². The predicted octanol–water partition coefficient (Wildman–Crippen LogP) is 2.74. The van der Waals surface area contributed by atoms with Gasteiger partial charge < -0.3 is 18.6 Å². The van der Waals surface area contributed by atoms with Gasteiger partial charge in [-0.25, -0.2) is 4.98 Å². The molecule has 2 aliphatic rings. The lowest BCUT2D eigenvalue weighted by Gasteiger charge is -2.11. The van der Waals surface area contributed by atoms with Crippen LogP contribution in [0, 0.1) is 0 Å². The zero-order valence-electron chi connectivity index (χ0n) is 16.7. The van der Waals surface area contributed by atoms with Crippen molar-refractivity contribution in [2.24, 2.45) is 7.05 Å². The largest absolute Gasteiger partial charge is 0.497 e. The van der Waals surface area contributed by atoms with Crippen molar-refractivity contribution in [1.29, 1.82) is 0 Å². The van der Waals surface area contributed by atoms with Gasteiger partial charge in [0.1, 0.15) is 12.1 Å². The van der Waals surface area contributed by atoms with Crippen LogP contribution in [0.5, 0.6) is 5.75 Å². The molecule has 4 aromatic rings. The summed E-state index contributed by atoms with van der Waals surface area (Å²) in [5.74, 6) is 2.09. The summed E-state index contributed by atoms with van der Waals surface area (Å²) >= 11 is 0. The lowest BCUT2D eigenvalue weighted by Crippen LogP contribution is -2.01. The molecule has 0 aliphatic carbocycles. The van der Waals surface area contributed by atoms with Crippen LogP contribution in [-0.4, -0.2) is 49.8 Å². The van der Waals surface area contributed by atoms with E-state index in [1.165, 1.54) is 0 Å². The van der Waals surface area contributed by atoms with Crippen molar-refractivity contribution in [3.63, 3.8) is 0 Å². The van der Waals surface area contributed by atoms with Crippen molar-refractivity contribution < 1.29 is 14.0 Å². The molecule has 9 nitrogen and oxygen atoms in total. The molecule has 5 heterocycles. The zero-order valence-corrected chi connectivity index (χ0v) is 16.7. The summed E-state index contributed by atoms with van der Waals surface area (Å²) in [4.78, 5) is 9.29. The van der Waals surface area contributed by atoms with Crippen molar-refractivity contribution in [2.45, 2.75) is 18.8 Å². The first-order valence-electron chi connectivity index (χ1n) is 9.90. The second kappa shape index (κ2) is 6.53. The van der Waals surface area contributed by atoms with Crippen LogP contribution in [0.15, 0.2) is 35.2 Å². The number of benzene rings is 1. The molecule has 0 amide bonds. The molecule has 1 fully saturated rings. The van der Waals surface area contributed by atoms with Gasteiger partial charge in [-0.1, -0.05) is 5.16 Å². The Kier molecular flexibility index (Phi) is 3.79. The van der Waals surface area contributed by atoms with Gasteiger partial charge in [0.2, 0.25) is 0 Å². The number of methoxy groups -OCH3 is 1. The fourth-order valence-corrected chi connectivity index (χ4v) is 4.28. The van der Waals surface area contributed by atoms with E-state index in [2.05, 4.69) is 19.7 Å². The monoisotopic (exact) mass is 404 g/mol. The molecule has 152 valence electrons. The summed E-state index contributed by atoms with van der Waals surface area (Å²) in [6, 6.07) is 5.99. The van der Waals surface area contributed by atoms with Crippen LogP contribution in [0.3, 0.4) is 0 Å². The van der Waals surface area contributed by atoms with Gasteiger partial charge in [0.25, 0.3) is 5.89 Å². The SMILES string of the molecule is COc1ccc2c(c1)-c1nn(C)cc1Cc1c(-c3nc(C4CCOC4)no3)ncn1-2. The van der Waals surface area contributed by atoms with Crippen molar-refractivity contribution in [2.75, 3.05) is 20.3 Å². The van der Waals surface area contributed by atoms with Crippen molar-refractivity contribution >= 4 is 0 Å². The number of imidazole rings is 1. The topological polar surface area (TPSA) is 93.0 Å². The van der Waals surface area contributed by atoms with E-state index >= 15 is 0 Å². The van der Waals surface area contributed by atoms with Crippen molar-refractivity contribution in [1.82, 2.24) is 29.5 Å². The minimum atomic E-state index is 0.182. The van der Waals surface area contributed by atoms with E-state index in [4.69, 9.17) is 19.1 Å². The Morgan fingerprint density at radius 2 is 2.17 bits per heavy atom. The van der Waals surface area contributed by atoms with Gasteiger partial charge in [0, 0.05) is 43.3 Å². The Labute approximate surface area is 172 Å². The lowest BCUT2D eigenvalue weighted by molar-refractivity contribution is 0.192. The summed E-state index contributed by atoms with van der Waals surface area (Å²) in [6.45, 7) is 1.37. The number of hydrogen-bond donors (Lipinski definition) is 0. The molecule has 0 radical (unpaired) electrons. The maximum absolute atomic E-state index is 5.61. The molecular weight excluding hydrogens is 384 g/mol. The molecule has 9 heteroatoms. The molecule has 30 heavy (non-hydrogen) atoms. The molecule has 0 N–H and O–H groups in total. The average Bonchev–Trinajstić information content (AvgIpc) is 3.53. The predicted molar refractivity (Wildman–Crippen MR) is 107 cm³/mol. The van der Waals surface area contributed by atoms with Crippen LogP contribution < -0.4 is 4.74 Å². The molecule has 1 atom stereocenters. The van der Waals surface area contributed by atoms with E-state index in [0.29, 0.717) is 30.4 Å². The number of aryl methyl sites for hydroxylation is 1. The maximum Gasteiger partial charge on any atom is 0.278 e. The third-order valence-corrected chi connectivity index (χ3v) is 5.79. The Morgan fingerprint density at radius 3 is 3.00 bits per heavy atom. The summed E-state index contributed by atoms with van der Waals surface area (Å²) in [5, 5.41) is 8.91. The van der Waals surface area contributed by atoms with E-state index < -0.39 is 0 Å². The number of rotatable bonds is 3. The van der Waals surface area contributed by atoms with Gasteiger partial charge in [-0.2, -0.15) is 10.1 Å². The van der Waals surface area contributed by atoms with Crippen LogP contribution >= 0.6 is 0 Å². The molecule has 0 saturated carbocycles. The standard InChI is InChI=1S/C21H20N6O3/c1-26-9-13-7-17-19(21-23-20(25-30-21)12-5-6-29-10-12)22-11-27(17)16-4-3-14(28-2)8-15(16)18(13)24-26/h3-4,8-9,11-12H,5-7,10H2,1-2H3. The molecule has 1 saturated heterocycles. The second-order valence-electron chi connectivity index (χ2n) is 7.66. The average molecular weight is 404 g/mol. The number of aromatic nitrogens is 6. The van der Waals surface area contributed by atoms with Gasteiger partial charge in [-0.05, 0) is 24.6 Å². The fraction of sp³-hybridized carbons (Fsp3) is 0.333.